The maximum absolute atomic E-state index is 13.0. The lowest BCUT2D eigenvalue weighted by Gasteiger charge is -2.32. The fourth-order valence-corrected chi connectivity index (χ4v) is 4.38. The summed E-state index contributed by atoms with van der Waals surface area (Å²) >= 11 is 1.42. The Hall–Kier alpha value is -3.12. The minimum absolute atomic E-state index is 0.0542. The summed E-state index contributed by atoms with van der Waals surface area (Å²) in [6.45, 7) is 2.55. The average Bonchev–Trinajstić information content (AvgIpc) is 3.37. The number of rotatable bonds is 7. The van der Waals surface area contributed by atoms with E-state index in [9.17, 15) is 9.59 Å². The van der Waals surface area contributed by atoms with Gasteiger partial charge in [0.1, 0.15) is 5.75 Å². The fourth-order valence-electron chi connectivity index (χ4n) is 3.74. The molecule has 4 rings (SSSR count). The first-order valence-electron chi connectivity index (χ1n) is 10.6. The van der Waals surface area contributed by atoms with Crippen LogP contribution in [0.2, 0.25) is 0 Å². The van der Waals surface area contributed by atoms with E-state index < -0.39 is 0 Å². The molecule has 1 unspecified atom stereocenters. The molecule has 0 radical (unpaired) electrons. The number of para-hydroxylation sites is 1. The zero-order valence-corrected chi connectivity index (χ0v) is 18.1. The van der Waals surface area contributed by atoms with Gasteiger partial charge in [0.15, 0.2) is 0 Å². The van der Waals surface area contributed by atoms with Gasteiger partial charge in [0.05, 0.1) is 11.5 Å². The van der Waals surface area contributed by atoms with Crippen LogP contribution in [-0.4, -0.2) is 36.4 Å². The zero-order valence-electron chi connectivity index (χ0n) is 17.3. The van der Waals surface area contributed by atoms with Crippen molar-refractivity contribution in [3.63, 3.8) is 0 Å². The van der Waals surface area contributed by atoms with Crippen molar-refractivity contribution in [3.8, 4) is 5.75 Å². The Balaban J connectivity index is 1.28. The van der Waals surface area contributed by atoms with E-state index in [1.807, 2.05) is 70.9 Å². The van der Waals surface area contributed by atoms with Crippen molar-refractivity contribution < 1.29 is 14.3 Å². The van der Waals surface area contributed by atoms with E-state index in [1.165, 1.54) is 11.3 Å². The molecule has 2 amide bonds. The molecular weight excluding hydrogens is 408 g/mol. The Morgan fingerprint density at radius 1 is 1.03 bits per heavy atom. The predicted molar refractivity (Wildman–Crippen MR) is 122 cm³/mol. The molecule has 6 heteroatoms. The van der Waals surface area contributed by atoms with Crippen LogP contribution in [0.3, 0.4) is 0 Å². The van der Waals surface area contributed by atoms with E-state index >= 15 is 0 Å². The minimum Gasteiger partial charge on any atom is -0.493 e. The van der Waals surface area contributed by atoms with E-state index in [0.717, 1.165) is 30.7 Å². The highest BCUT2D eigenvalue weighted by Gasteiger charge is 2.25. The molecule has 31 heavy (non-hydrogen) atoms. The summed E-state index contributed by atoms with van der Waals surface area (Å²) in [5.74, 6) is 1.18. The Morgan fingerprint density at radius 2 is 1.84 bits per heavy atom. The van der Waals surface area contributed by atoms with Gasteiger partial charge in [-0.3, -0.25) is 9.59 Å². The number of hydrogen-bond acceptors (Lipinski definition) is 4. The molecule has 160 valence electrons. The van der Waals surface area contributed by atoms with E-state index in [1.54, 1.807) is 6.07 Å². The van der Waals surface area contributed by atoms with Gasteiger partial charge in [-0.25, -0.2) is 0 Å². The Morgan fingerprint density at radius 3 is 2.58 bits per heavy atom. The number of carbonyl (C=O) groups excluding carboxylic acids is 2. The van der Waals surface area contributed by atoms with Gasteiger partial charge in [-0.05, 0) is 54.1 Å². The third-order valence-corrected chi connectivity index (χ3v) is 6.30. The lowest BCUT2D eigenvalue weighted by Crippen LogP contribution is -2.41. The molecule has 1 aliphatic heterocycles. The monoisotopic (exact) mass is 434 g/mol. The molecule has 0 bridgehead atoms. The van der Waals surface area contributed by atoms with Gasteiger partial charge in [0, 0.05) is 31.1 Å². The van der Waals surface area contributed by atoms with Gasteiger partial charge < -0.3 is 15.0 Å². The lowest BCUT2D eigenvalue weighted by atomic mass is 9.98. The second-order valence-corrected chi connectivity index (χ2v) is 8.69. The van der Waals surface area contributed by atoms with Gasteiger partial charge in [-0.2, -0.15) is 0 Å². The molecule has 3 aromatic rings. The molecule has 1 N–H and O–H groups in total. The van der Waals surface area contributed by atoms with Gasteiger partial charge in [0.25, 0.3) is 11.8 Å². The van der Waals surface area contributed by atoms with Crippen molar-refractivity contribution in [2.75, 3.05) is 19.7 Å². The maximum atomic E-state index is 13.0. The zero-order chi connectivity index (χ0) is 21.5. The summed E-state index contributed by atoms with van der Waals surface area (Å²) in [5, 5.41) is 4.79. The fraction of sp³-hybridized carbons (Fsp3) is 0.280. The van der Waals surface area contributed by atoms with Crippen molar-refractivity contribution in [1.29, 1.82) is 0 Å². The average molecular weight is 435 g/mol. The molecule has 5 nitrogen and oxygen atoms in total. The second-order valence-electron chi connectivity index (χ2n) is 7.74. The molecule has 0 saturated carbocycles. The van der Waals surface area contributed by atoms with Gasteiger partial charge >= 0.3 is 0 Å². The van der Waals surface area contributed by atoms with Crippen LogP contribution < -0.4 is 10.1 Å². The maximum Gasteiger partial charge on any atom is 0.261 e. The summed E-state index contributed by atoms with van der Waals surface area (Å²) in [5.41, 5.74) is 1.65. The SMILES string of the molecule is O=C(NCc1ccc(C(=O)N2CCCC(COc3ccccc3)C2)cc1)c1cccs1. The minimum atomic E-state index is -0.0766. The van der Waals surface area contributed by atoms with E-state index in [-0.39, 0.29) is 11.8 Å². The van der Waals surface area contributed by atoms with Crippen molar-refractivity contribution in [3.05, 3.63) is 88.1 Å². The van der Waals surface area contributed by atoms with Gasteiger partial charge in [0.2, 0.25) is 0 Å². The second kappa shape index (κ2) is 10.3. The van der Waals surface area contributed by atoms with Crippen LogP contribution in [0.15, 0.2) is 72.1 Å². The van der Waals surface area contributed by atoms with Crippen LogP contribution in [0.5, 0.6) is 5.75 Å². The number of piperidine rings is 1. The third-order valence-electron chi connectivity index (χ3n) is 5.43. The number of benzene rings is 2. The normalized spacial score (nSPS) is 16.0. The van der Waals surface area contributed by atoms with Crippen molar-refractivity contribution in [2.24, 2.45) is 5.92 Å². The van der Waals surface area contributed by atoms with Crippen molar-refractivity contribution in [1.82, 2.24) is 10.2 Å². The smallest absolute Gasteiger partial charge is 0.261 e. The topological polar surface area (TPSA) is 58.6 Å². The quantitative estimate of drug-likeness (QED) is 0.591. The van der Waals surface area contributed by atoms with Crippen LogP contribution in [0, 0.1) is 5.92 Å². The van der Waals surface area contributed by atoms with E-state index in [4.69, 9.17) is 4.74 Å². The molecule has 2 heterocycles. The van der Waals surface area contributed by atoms with Crippen LogP contribution in [-0.2, 0) is 6.54 Å². The summed E-state index contributed by atoms with van der Waals surface area (Å²) in [6, 6.07) is 21.0. The molecule has 1 fully saturated rings. The highest BCUT2D eigenvalue weighted by molar-refractivity contribution is 7.12. The number of likely N-dealkylation sites (tertiary alicyclic amines) is 1. The van der Waals surface area contributed by atoms with Gasteiger partial charge in [-0.1, -0.05) is 36.4 Å². The number of thiophene rings is 1. The molecule has 0 aliphatic carbocycles. The molecular formula is C25H26N2O3S. The Labute approximate surface area is 186 Å². The number of ether oxygens (including phenoxy) is 1. The van der Waals surface area contributed by atoms with E-state index in [0.29, 0.717) is 36.1 Å². The summed E-state index contributed by atoms with van der Waals surface area (Å²) < 4.78 is 5.90. The molecule has 1 atom stereocenters. The predicted octanol–water partition coefficient (Wildman–Crippen LogP) is 4.61. The molecule has 1 saturated heterocycles. The molecule has 1 aliphatic rings. The lowest BCUT2D eigenvalue weighted by molar-refractivity contribution is 0.0633. The number of hydrogen-bond donors (Lipinski definition) is 1. The Kier molecular flexibility index (Phi) is 6.99. The van der Waals surface area contributed by atoms with Gasteiger partial charge in [-0.15, -0.1) is 11.3 Å². The van der Waals surface area contributed by atoms with Crippen LogP contribution in [0.4, 0.5) is 0 Å². The third kappa shape index (κ3) is 5.73. The first-order valence-corrected chi connectivity index (χ1v) is 11.4. The number of nitrogens with zero attached hydrogens (tertiary/aromatic N) is 1. The first kappa shape index (κ1) is 21.1. The highest BCUT2D eigenvalue weighted by atomic mass is 32.1. The highest BCUT2D eigenvalue weighted by Crippen LogP contribution is 2.21. The number of amides is 2. The number of nitrogens with one attached hydrogen (secondary N) is 1. The largest absolute Gasteiger partial charge is 0.493 e. The molecule has 1 aromatic heterocycles. The summed E-state index contributed by atoms with van der Waals surface area (Å²) in [7, 11) is 0. The summed E-state index contributed by atoms with van der Waals surface area (Å²) in [4.78, 5) is 27.7. The van der Waals surface area contributed by atoms with E-state index in [2.05, 4.69) is 5.32 Å². The first-order chi connectivity index (χ1) is 15.2. The van der Waals surface area contributed by atoms with Crippen LogP contribution >= 0.6 is 11.3 Å². The van der Waals surface area contributed by atoms with Crippen LogP contribution in [0.1, 0.15) is 38.4 Å². The standard InChI is InChI=1S/C25H26N2O3S/c28-24(23-9-5-15-31-23)26-16-19-10-12-21(13-11-19)25(29)27-14-4-6-20(17-27)18-30-22-7-2-1-3-8-22/h1-3,5,7-13,15,20H,4,6,14,16-18H2,(H,26,28). The molecule has 2 aromatic carbocycles. The van der Waals surface area contributed by atoms with Crippen LogP contribution in [0.25, 0.3) is 0 Å². The van der Waals surface area contributed by atoms with Crippen molar-refractivity contribution in [2.45, 2.75) is 19.4 Å². The Bertz CT molecular complexity index is 987. The molecule has 0 spiro atoms. The van der Waals surface area contributed by atoms with Crippen molar-refractivity contribution >= 4 is 23.2 Å². The number of carbonyl (C=O) groups is 2. The summed E-state index contributed by atoms with van der Waals surface area (Å²) in [6.07, 6.45) is 2.06.